The largest absolute Gasteiger partial charge is 0.390 e. The minimum atomic E-state index is -0.535. The van der Waals surface area contributed by atoms with Crippen molar-refractivity contribution >= 4 is 0 Å². The first-order valence-electron chi connectivity index (χ1n) is 12.5. The van der Waals surface area contributed by atoms with Crippen molar-refractivity contribution in [1.29, 1.82) is 0 Å². The molecule has 0 heterocycles. The zero-order valence-corrected chi connectivity index (χ0v) is 20.2. The van der Waals surface area contributed by atoms with Crippen LogP contribution in [0.15, 0.2) is 35.5 Å². The number of hydrogen-bond acceptors (Lipinski definition) is 2. The van der Waals surface area contributed by atoms with E-state index in [0.717, 1.165) is 49.0 Å². The van der Waals surface area contributed by atoms with Gasteiger partial charge >= 0.3 is 0 Å². The molecule has 0 saturated heterocycles. The van der Waals surface area contributed by atoms with E-state index in [4.69, 9.17) is 0 Å². The molecule has 0 spiro atoms. The summed E-state index contributed by atoms with van der Waals surface area (Å²) in [5.74, 6) is 2.65. The van der Waals surface area contributed by atoms with E-state index < -0.39 is 5.60 Å². The van der Waals surface area contributed by atoms with Gasteiger partial charge in [-0.1, -0.05) is 63.5 Å². The van der Waals surface area contributed by atoms with Crippen molar-refractivity contribution in [1.82, 2.24) is 0 Å². The Balaban J connectivity index is 1.67. The Morgan fingerprint density at radius 2 is 1.97 bits per heavy atom. The molecule has 3 aliphatic carbocycles. The number of fused-ring (bicyclic) bond motifs is 1. The molecular weight excluding hydrogens is 368 g/mol. The molecule has 3 rings (SSSR count). The average molecular weight is 415 g/mol. The highest BCUT2D eigenvalue weighted by Crippen LogP contribution is 2.60. The topological polar surface area (TPSA) is 40.5 Å². The van der Waals surface area contributed by atoms with Crippen molar-refractivity contribution in [3.8, 4) is 0 Å². The smallest absolute Gasteiger partial charge is 0.0787 e. The number of allylic oxidation sites excluding steroid dienone is 3. The van der Waals surface area contributed by atoms with Gasteiger partial charge in [-0.3, -0.25) is 0 Å². The van der Waals surface area contributed by atoms with Crippen molar-refractivity contribution in [2.45, 2.75) is 111 Å². The van der Waals surface area contributed by atoms with E-state index >= 15 is 0 Å². The summed E-state index contributed by atoms with van der Waals surface area (Å²) in [4.78, 5) is 0. The zero-order valence-electron chi connectivity index (χ0n) is 20.2. The fourth-order valence-electron chi connectivity index (χ4n) is 6.95. The SMILES string of the molecule is C=C1C(O)C/C(=C\C=C2/CCCC3(C)C2CCC3[C@H](C)CCCC(C)(C)O)C[C@H]1C. The van der Waals surface area contributed by atoms with Crippen LogP contribution in [0, 0.1) is 29.1 Å². The molecule has 4 unspecified atom stereocenters. The third-order valence-electron chi connectivity index (χ3n) is 8.79. The molecule has 3 aliphatic rings. The predicted molar refractivity (Wildman–Crippen MR) is 127 cm³/mol. The van der Waals surface area contributed by atoms with E-state index in [1.54, 1.807) is 5.57 Å². The molecule has 170 valence electrons. The summed E-state index contributed by atoms with van der Waals surface area (Å²) in [5.41, 5.74) is 3.95. The van der Waals surface area contributed by atoms with Crippen LogP contribution >= 0.6 is 0 Å². The van der Waals surface area contributed by atoms with Crippen molar-refractivity contribution in [3.63, 3.8) is 0 Å². The molecule has 0 aromatic rings. The van der Waals surface area contributed by atoms with E-state index in [-0.39, 0.29) is 6.10 Å². The third kappa shape index (κ3) is 5.30. The zero-order chi connectivity index (χ0) is 22.1. The lowest BCUT2D eigenvalue weighted by atomic mass is 9.60. The number of hydrogen-bond donors (Lipinski definition) is 2. The van der Waals surface area contributed by atoms with Crippen molar-refractivity contribution in [2.24, 2.45) is 29.1 Å². The highest BCUT2D eigenvalue weighted by Gasteiger charge is 2.50. The second-order valence-corrected chi connectivity index (χ2v) is 11.7. The van der Waals surface area contributed by atoms with Gasteiger partial charge in [0.25, 0.3) is 0 Å². The lowest BCUT2D eigenvalue weighted by molar-refractivity contribution is 0.0596. The molecule has 0 aromatic heterocycles. The lowest BCUT2D eigenvalue weighted by Gasteiger charge is -2.44. The molecule has 0 aromatic carbocycles. The summed E-state index contributed by atoms with van der Waals surface area (Å²) >= 11 is 0. The van der Waals surface area contributed by atoms with Gasteiger partial charge in [0.2, 0.25) is 0 Å². The highest BCUT2D eigenvalue weighted by molar-refractivity contribution is 5.29. The van der Waals surface area contributed by atoms with Crippen LogP contribution in [0.4, 0.5) is 0 Å². The number of aliphatic hydroxyl groups excluding tert-OH is 1. The Hall–Kier alpha value is -0.860. The van der Waals surface area contributed by atoms with Crippen molar-refractivity contribution < 1.29 is 10.2 Å². The molecule has 0 radical (unpaired) electrons. The summed E-state index contributed by atoms with van der Waals surface area (Å²) in [6, 6.07) is 0. The van der Waals surface area contributed by atoms with Crippen LogP contribution < -0.4 is 0 Å². The van der Waals surface area contributed by atoms with E-state index in [1.807, 2.05) is 13.8 Å². The monoisotopic (exact) mass is 414 g/mol. The van der Waals surface area contributed by atoms with Crippen molar-refractivity contribution in [3.05, 3.63) is 35.5 Å². The van der Waals surface area contributed by atoms with Crippen LogP contribution in [0.25, 0.3) is 0 Å². The highest BCUT2D eigenvalue weighted by atomic mass is 16.3. The first-order chi connectivity index (χ1) is 14.0. The van der Waals surface area contributed by atoms with Gasteiger partial charge in [-0.25, -0.2) is 0 Å². The molecule has 6 atom stereocenters. The Bertz CT molecular complexity index is 663. The van der Waals surface area contributed by atoms with Crippen LogP contribution in [0.3, 0.4) is 0 Å². The van der Waals surface area contributed by atoms with Gasteiger partial charge < -0.3 is 10.2 Å². The van der Waals surface area contributed by atoms with E-state index in [2.05, 4.69) is 39.5 Å². The van der Waals surface area contributed by atoms with Crippen LogP contribution in [0.2, 0.25) is 0 Å². The van der Waals surface area contributed by atoms with Crippen molar-refractivity contribution in [2.75, 3.05) is 0 Å². The van der Waals surface area contributed by atoms with E-state index in [1.165, 1.54) is 44.1 Å². The molecule has 3 fully saturated rings. The third-order valence-corrected chi connectivity index (χ3v) is 8.79. The van der Waals surface area contributed by atoms with Gasteiger partial charge in [0.15, 0.2) is 0 Å². The lowest BCUT2D eigenvalue weighted by Crippen LogP contribution is -2.36. The fraction of sp³-hybridized carbons (Fsp3) is 0.786. The van der Waals surface area contributed by atoms with Crippen LogP contribution in [0.5, 0.6) is 0 Å². The molecule has 2 N–H and O–H groups in total. The predicted octanol–water partition coefficient (Wildman–Crippen LogP) is 6.98. The van der Waals surface area contributed by atoms with Gasteiger partial charge in [0.1, 0.15) is 0 Å². The first kappa shape index (κ1) is 23.8. The van der Waals surface area contributed by atoms with E-state index in [0.29, 0.717) is 11.3 Å². The van der Waals surface area contributed by atoms with Gasteiger partial charge in [-0.05, 0) is 99.9 Å². The van der Waals surface area contributed by atoms with Crippen LogP contribution in [0.1, 0.15) is 98.8 Å². The molecule has 2 nitrogen and oxygen atoms in total. The normalized spacial score (nSPS) is 38.8. The maximum Gasteiger partial charge on any atom is 0.0787 e. The summed E-state index contributed by atoms with van der Waals surface area (Å²) in [5, 5.41) is 20.3. The fourth-order valence-corrected chi connectivity index (χ4v) is 6.95. The van der Waals surface area contributed by atoms with E-state index in [9.17, 15) is 10.2 Å². The minimum absolute atomic E-state index is 0.365. The summed E-state index contributed by atoms with van der Waals surface area (Å²) in [6.07, 6.45) is 16.1. The van der Waals surface area contributed by atoms with Gasteiger partial charge in [0, 0.05) is 0 Å². The maximum absolute atomic E-state index is 10.3. The molecule has 30 heavy (non-hydrogen) atoms. The Morgan fingerprint density at radius 3 is 2.63 bits per heavy atom. The van der Waals surface area contributed by atoms with Gasteiger partial charge in [-0.15, -0.1) is 0 Å². The molecule has 0 aliphatic heterocycles. The van der Waals surface area contributed by atoms with Crippen LogP contribution in [-0.4, -0.2) is 21.9 Å². The standard InChI is InChI=1S/C28H46O2/c1-19(9-7-15-27(4,5)30)24-13-14-25-23(10-8-16-28(24,25)6)12-11-22-17-20(2)21(3)26(29)18-22/h11-12,19-20,24-26,29-30H,3,7-10,13-18H2,1-2,4-6H3/b22-11-,23-12+/t19-,20-,24?,25?,26?,28?/m1/s1. The molecule has 0 amide bonds. The first-order valence-corrected chi connectivity index (χ1v) is 12.5. The quantitative estimate of drug-likeness (QED) is 0.460. The Morgan fingerprint density at radius 1 is 1.23 bits per heavy atom. The molecular formula is C28H46O2. The minimum Gasteiger partial charge on any atom is -0.390 e. The Kier molecular flexibility index (Phi) is 7.40. The second kappa shape index (κ2) is 9.33. The molecule has 3 saturated carbocycles. The summed E-state index contributed by atoms with van der Waals surface area (Å²) in [6.45, 7) is 15.1. The average Bonchev–Trinajstić information content (AvgIpc) is 3.00. The second-order valence-electron chi connectivity index (χ2n) is 11.7. The summed E-state index contributed by atoms with van der Waals surface area (Å²) < 4.78 is 0. The number of rotatable bonds is 6. The Labute approximate surface area is 185 Å². The summed E-state index contributed by atoms with van der Waals surface area (Å²) in [7, 11) is 0. The van der Waals surface area contributed by atoms with Gasteiger partial charge in [-0.2, -0.15) is 0 Å². The molecule has 2 heteroatoms. The number of aliphatic hydroxyl groups is 2. The van der Waals surface area contributed by atoms with Gasteiger partial charge in [0.05, 0.1) is 11.7 Å². The van der Waals surface area contributed by atoms with Crippen LogP contribution in [-0.2, 0) is 0 Å². The molecule has 0 bridgehead atoms. The maximum atomic E-state index is 10.3.